The molecule has 0 atom stereocenters. The van der Waals surface area contributed by atoms with Gasteiger partial charge in [-0.2, -0.15) is 0 Å². The maximum absolute atomic E-state index is 12.3. The SMILES string of the molecule is CCc1cccnc1CNS(=O)(=O)c1ncccc1NC. The highest BCUT2D eigenvalue weighted by atomic mass is 32.2. The molecule has 0 aromatic carbocycles. The quantitative estimate of drug-likeness (QED) is 0.846. The zero-order chi connectivity index (χ0) is 15.3. The molecule has 0 radical (unpaired) electrons. The van der Waals surface area contributed by atoms with Gasteiger partial charge in [-0.25, -0.2) is 18.1 Å². The Morgan fingerprint density at radius 1 is 1.14 bits per heavy atom. The first-order valence-corrected chi connectivity index (χ1v) is 8.12. The van der Waals surface area contributed by atoms with E-state index in [0.717, 1.165) is 17.7 Å². The molecule has 2 N–H and O–H groups in total. The van der Waals surface area contributed by atoms with Crippen molar-refractivity contribution in [1.82, 2.24) is 14.7 Å². The summed E-state index contributed by atoms with van der Waals surface area (Å²) < 4.78 is 27.2. The lowest BCUT2D eigenvalue weighted by Gasteiger charge is -2.11. The summed E-state index contributed by atoms with van der Waals surface area (Å²) in [7, 11) is -2.03. The summed E-state index contributed by atoms with van der Waals surface area (Å²) in [6.07, 6.45) is 3.91. The van der Waals surface area contributed by atoms with Crippen LogP contribution < -0.4 is 10.0 Å². The number of rotatable bonds is 6. The summed E-state index contributed by atoms with van der Waals surface area (Å²) in [5.74, 6) is 0. The third-order valence-electron chi connectivity index (χ3n) is 3.09. The Morgan fingerprint density at radius 3 is 2.57 bits per heavy atom. The molecule has 2 rings (SSSR count). The number of anilines is 1. The Labute approximate surface area is 124 Å². The molecule has 0 saturated carbocycles. The van der Waals surface area contributed by atoms with E-state index in [1.165, 1.54) is 6.20 Å². The number of hydrogen-bond donors (Lipinski definition) is 2. The first-order chi connectivity index (χ1) is 10.1. The van der Waals surface area contributed by atoms with Crippen LogP contribution in [0.4, 0.5) is 5.69 Å². The summed E-state index contributed by atoms with van der Waals surface area (Å²) in [6, 6.07) is 7.13. The molecule has 21 heavy (non-hydrogen) atoms. The van der Waals surface area contributed by atoms with Gasteiger partial charge in [0.2, 0.25) is 0 Å². The van der Waals surface area contributed by atoms with E-state index >= 15 is 0 Å². The van der Waals surface area contributed by atoms with E-state index in [2.05, 4.69) is 20.0 Å². The standard InChI is InChI=1S/C14H18N4O2S/c1-3-11-6-4-8-16-13(11)10-18-21(19,20)14-12(15-2)7-5-9-17-14/h4-9,15,18H,3,10H2,1-2H3. The Morgan fingerprint density at radius 2 is 1.86 bits per heavy atom. The van der Waals surface area contributed by atoms with Crippen LogP contribution in [0.3, 0.4) is 0 Å². The van der Waals surface area contributed by atoms with Crippen molar-refractivity contribution in [2.75, 3.05) is 12.4 Å². The summed E-state index contributed by atoms with van der Waals surface area (Å²) in [6.45, 7) is 2.15. The minimum atomic E-state index is -3.69. The van der Waals surface area contributed by atoms with E-state index in [-0.39, 0.29) is 11.6 Å². The van der Waals surface area contributed by atoms with Crippen LogP contribution in [0.25, 0.3) is 0 Å². The van der Waals surface area contributed by atoms with E-state index < -0.39 is 10.0 Å². The van der Waals surface area contributed by atoms with Crippen molar-refractivity contribution >= 4 is 15.7 Å². The lowest BCUT2D eigenvalue weighted by Crippen LogP contribution is -2.26. The molecular formula is C14H18N4O2S. The Hall–Kier alpha value is -1.99. The van der Waals surface area contributed by atoms with Gasteiger partial charge in [0.15, 0.2) is 5.03 Å². The third kappa shape index (κ3) is 3.56. The fourth-order valence-electron chi connectivity index (χ4n) is 1.98. The predicted octanol–water partition coefficient (Wildman–Crippen LogP) is 1.56. The number of nitrogens with zero attached hydrogens (tertiary/aromatic N) is 2. The predicted molar refractivity (Wildman–Crippen MR) is 81.4 cm³/mol. The molecule has 0 amide bonds. The topological polar surface area (TPSA) is 84.0 Å². The maximum Gasteiger partial charge on any atom is 0.260 e. The fraction of sp³-hybridized carbons (Fsp3) is 0.286. The maximum atomic E-state index is 12.3. The average Bonchev–Trinajstić information content (AvgIpc) is 2.53. The molecule has 0 fully saturated rings. The number of aryl methyl sites for hydroxylation is 1. The average molecular weight is 306 g/mol. The monoisotopic (exact) mass is 306 g/mol. The molecule has 2 heterocycles. The van der Waals surface area contributed by atoms with Crippen LogP contribution in [-0.2, 0) is 23.0 Å². The molecule has 0 aliphatic carbocycles. The van der Waals surface area contributed by atoms with E-state index in [0.29, 0.717) is 5.69 Å². The second kappa shape index (κ2) is 6.64. The molecule has 0 bridgehead atoms. The van der Waals surface area contributed by atoms with Crippen molar-refractivity contribution in [2.24, 2.45) is 0 Å². The van der Waals surface area contributed by atoms with Crippen LogP contribution in [0, 0.1) is 0 Å². The highest BCUT2D eigenvalue weighted by Crippen LogP contribution is 2.17. The Balaban J connectivity index is 2.22. The van der Waals surface area contributed by atoms with Gasteiger partial charge in [0, 0.05) is 19.4 Å². The van der Waals surface area contributed by atoms with Crippen molar-refractivity contribution in [3.8, 4) is 0 Å². The van der Waals surface area contributed by atoms with Crippen LogP contribution in [0.5, 0.6) is 0 Å². The minimum absolute atomic E-state index is 0.0125. The van der Waals surface area contributed by atoms with Gasteiger partial charge in [0.25, 0.3) is 10.0 Å². The Kier molecular flexibility index (Phi) is 4.87. The number of sulfonamides is 1. The number of hydrogen-bond acceptors (Lipinski definition) is 5. The first kappa shape index (κ1) is 15.4. The van der Waals surface area contributed by atoms with Crippen molar-refractivity contribution in [3.05, 3.63) is 47.9 Å². The van der Waals surface area contributed by atoms with Crippen LogP contribution >= 0.6 is 0 Å². The van der Waals surface area contributed by atoms with Crippen LogP contribution in [-0.4, -0.2) is 25.4 Å². The number of aromatic nitrogens is 2. The molecule has 2 aromatic rings. The van der Waals surface area contributed by atoms with Crippen molar-refractivity contribution in [2.45, 2.75) is 24.9 Å². The van der Waals surface area contributed by atoms with Gasteiger partial charge in [-0.15, -0.1) is 0 Å². The zero-order valence-corrected chi connectivity index (χ0v) is 12.8. The van der Waals surface area contributed by atoms with Gasteiger partial charge in [-0.1, -0.05) is 13.0 Å². The van der Waals surface area contributed by atoms with Crippen molar-refractivity contribution < 1.29 is 8.42 Å². The Bertz CT molecular complexity index is 716. The van der Waals surface area contributed by atoms with Gasteiger partial charge in [-0.3, -0.25) is 4.98 Å². The van der Waals surface area contributed by atoms with Crippen molar-refractivity contribution in [3.63, 3.8) is 0 Å². The summed E-state index contributed by atoms with van der Waals surface area (Å²) in [4.78, 5) is 8.17. The van der Waals surface area contributed by atoms with Gasteiger partial charge >= 0.3 is 0 Å². The molecule has 7 heteroatoms. The molecule has 6 nitrogen and oxygen atoms in total. The van der Waals surface area contributed by atoms with E-state index in [4.69, 9.17) is 0 Å². The molecule has 112 valence electrons. The molecular weight excluding hydrogens is 288 g/mol. The van der Waals surface area contributed by atoms with Crippen LogP contribution in [0.2, 0.25) is 0 Å². The van der Waals surface area contributed by atoms with E-state index in [1.54, 1.807) is 25.4 Å². The number of pyridine rings is 2. The lowest BCUT2D eigenvalue weighted by atomic mass is 10.1. The largest absolute Gasteiger partial charge is 0.386 e. The van der Waals surface area contributed by atoms with Gasteiger partial charge in [0.1, 0.15) is 0 Å². The first-order valence-electron chi connectivity index (χ1n) is 6.63. The summed E-state index contributed by atoms with van der Waals surface area (Å²) in [5.41, 5.74) is 2.21. The highest BCUT2D eigenvalue weighted by Gasteiger charge is 2.19. The zero-order valence-electron chi connectivity index (χ0n) is 12.0. The van der Waals surface area contributed by atoms with Gasteiger partial charge < -0.3 is 5.32 Å². The molecule has 2 aromatic heterocycles. The van der Waals surface area contributed by atoms with E-state index in [9.17, 15) is 8.42 Å². The third-order valence-corrected chi connectivity index (χ3v) is 4.45. The molecule has 0 saturated heterocycles. The molecule has 0 unspecified atom stereocenters. The van der Waals surface area contributed by atoms with Crippen LogP contribution in [0.15, 0.2) is 41.7 Å². The van der Waals surface area contributed by atoms with Gasteiger partial charge in [-0.05, 0) is 30.2 Å². The molecule has 0 spiro atoms. The highest BCUT2D eigenvalue weighted by molar-refractivity contribution is 7.89. The van der Waals surface area contributed by atoms with E-state index in [1.807, 2.05) is 19.1 Å². The smallest absolute Gasteiger partial charge is 0.260 e. The lowest BCUT2D eigenvalue weighted by molar-refractivity contribution is 0.576. The number of nitrogens with one attached hydrogen (secondary N) is 2. The summed E-state index contributed by atoms with van der Waals surface area (Å²) >= 11 is 0. The normalized spacial score (nSPS) is 11.3. The van der Waals surface area contributed by atoms with Gasteiger partial charge in [0.05, 0.1) is 17.9 Å². The second-order valence-corrected chi connectivity index (χ2v) is 6.08. The summed E-state index contributed by atoms with van der Waals surface area (Å²) in [5, 5.41) is 2.81. The second-order valence-electron chi connectivity index (χ2n) is 4.39. The molecule has 0 aliphatic heterocycles. The fourth-order valence-corrected chi connectivity index (χ4v) is 3.10. The minimum Gasteiger partial charge on any atom is -0.386 e. The molecule has 0 aliphatic rings. The van der Waals surface area contributed by atoms with Crippen molar-refractivity contribution in [1.29, 1.82) is 0 Å². The van der Waals surface area contributed by atoms with Crippen LogP contribution in [0.1, 0.15) is 18.2 Å².